The van der Waals surface area contributed by atoms with Gasteiger partial charge in [0, 0.05) is 13.1 Å². The third-order valence-electron chi connectivity index (χ3n) is 3.33. The fourth-order valence-electron chi connectivity index (χ4n) is 2.37. The molecule has 5 heteroatoms. The van der Waals surface area contributed by atoms with Gasteiger partial charge in [-0.3, -0.25) is 0 Å². The molecule has 0 aliphatic carbocycles. The van der Waals surface area contributed by atoms with E-state index >= 15 is 0 Å². The number of nitrogens with one attached hydrogen (secondary N) is 1. The molecule has 4 nitrogen and oxygen atoms in total. The van der Waals surface area contributed by atoms with Crippen molar-refractivity contribution in [1.82, 2.24) is 10.2 Å². The fourth-order valence-corrected chi connectivity index (χ4v) is 2.37. The van der Waals surface area contributed by atoms with Gasteiger partial charge < -0.3 is 15.0 Å². The molecule has 17 heavy (non-hydrogen) atoms. The standard InChI is InChI=1S/C12H22N2O2.ClH/c1-12(2,3)16-11(15)14-7-10(8-14)9-4-5-13-6-9;/h9-10,13H,4-8H2,1-3H3;1H. The molecular weight excluding hydrogens is 240 g/mol. The lowest BCUT2D eigenvalue weighted by Crippen LogP contribution is -2.54. The van der Waals surface area contributed by atoms with Crippen molar-refractivity contribution in [3.05, 3.63) is 0 Å². The topological polar surface area (TPSA) is 41.6 Å². The molecule has 0 aromatic carbocycles. The van der Waals surface area contributed by atoms with Crippen molar-refractivity contribution in [1.29, 1.82) is 0 Å². The van der Waals surface area contributed by atoms with Crippen molar-refractivity contribution in [2.45, 2.75) is 32.8 Å². The predicted octanol–water partition coefficient (Wildman–Crippen LogP) is 1.88. The molecule has 1 atom stereocenters. The van der Waals surface area contributed by atoms with E-state index in [0.717, 1.165) is 32.1 Å². The van der Waals surface area contributed by atoms with E-state index < -0.39 is 0 Å². The number of ether oxygens (including phenoxy) is 1. The van der Waals surface area contributed by atoms with Gasteiger partial charge in [-0.25, -0.2) is 4.79 Å². The maximum Gasteiger partial charge on any atom is 0.410 e. The summed E-state index contributed by atoms with van der Waals surface area (Å²) in [5.41, 5.74) is -0.378. The average molecular weight is 263 g/mol. The molecule has 0 radical (unpaired) electrons. The van der Waals surface area contributed by atoms with E-state index in [-0.39, 0.29) is 24.1 Å². The second-order valence-corrected chi connectivity index (χ2v) is 5.90. The molecule has 0 saturated carbocycles. The first-order chi connectivity index (χ1) is 7.46. The Morgan fingerprint density at radius 1 is 1.29 bits per heavy atom. The number of hydrogen-bond donors (Lipinski definition) is 1. The largest absolute Gasteiger partial charge is 0.444 e. The quantitative estimate of drug-likeness (QED) is 0.785. The van der Waals surface area contributed by atoms with Gasteiger partial charge in [-0.15, -0.1) is 12.4 Å². The van der Waals surface area contributed by atoms with Gasteiger partial charge in [-0.2, -0.15) is 0 Å². The van der Waals surface area contributed by atoms with Crippen LogP contribution in [0.15, 0.2) is 0 Å². The van der Waals surface area contributed by atoms with E-state index in [2.05, 4.69) is 5.32 Å². The predicted molar refractivity (Wildman–Crippen MR) is 69.5 cm³/mol. The summed E-state index contributed by atoms with van der Waals surface area (Å²) in [6.07, 6.45) is 1.10. The molecule has 1 unspecified atom stereocenters. The Kier molecular flexibility index (Phi) is 4.67. The summed E-state index contributed by atoms with van der Waals surface area (Å²) in [5.74, 6) is 1.45. The monoisotopic (exact) mass is 262 g/mol. The van der Waals surface area contributed by atoms with Crippen LogP contribution in [0.4, 0.5) is 4.79 Å². The molecule has 0 bridgehead atoms. The first-order valence-electron chi connectivity index (χ1n) is 6.14. The van der Waals surface area contributed by atoms with Gasteiger partial charge in [0.25, 0.3) is 0 Å². The lowest BCUT2D eigenvalue weighted by molar-refractivity contribution is -0.00925. The minimum absolute atomic E-state index is 0. The fraction of sp³-hybridized carbons (Fsp3) is 0.917. The van der Waals surface area contributed by atoms with E-state index in [0.29, 0.717) is 5.92 Å². The number of carbonyl (C=O) groups is 1. The van der Waals surface area contributed by atoms with Gasteiger partial charge in [0.1, 0.15) is 5.60 Å². The first-order valence-corrected chi connectivity index (χ1v) is 6.14. The molecule has 0 spiro atoms. The number of nitrogens with zero attached hydrogens (tertiary/aromatic N) is 1. The Morgan fingerprint density at radius 2 is 1.94 bits per heavy atom. The van der Waals surface area contributed by atoms with Crippen molar-refractivity contribution in [3.63, 3.8) is 0 Å². The second-order valence-electron chi connectivity index (χ2n) is 5.90. The Hall–Kier alpha value is -0.480. The van der Waals surface area contributed by atoms with Crippen LogP contribution in [-0.2, 0) is 4.74 Å². The van der Waals surface area contributed by atoms with Crippen LogP contribution in [0.25, 0.3) is 0 Å². The van der Waals surface area contributed by atoms with Gasteiger partial charge >= 0.3 is 6.09 Å². The molecule has 1 amide bonds. The number of hydrogen-bond acceptors (Lipinski definition) is 3. The van der Waals surface area contributed by atoms with E-state index in [1.165, 1.54) is 6.42 Å². The van der Waals surface area contributed by atoms with Gasteiger partial charge in [0.2, 0.25) is 0 Å². The number of carbonyl (C=O) groups excluding carboxylic acids is 1. The summed E-state index contributed by atoms with van der Waals surface area (Å²) in [7, 11) is 0. The third kappa shape index (κ3) is 3.75. The zero-order chi connectivity index (χ0) is 11.8. The Labute approximate surface area is 109 Å². The highest BCUT2D eigenvalue weighted by atomic mass is 35.5. The Morgan fingerprint density at radius 3 is 2.41 bits per heavy atom. The molecule has 2 aliphatic rings. The van der Waals surface area contributed by atoms with Gasteiger partial charge in [-0.05, 0) is 52.1 Å². The minimum atomic E-state index is -0.378. The van der Waals surface area contributed by atoms with E-state index in [9.17, 15) is 4.79 Å². The highest BCUT2D eigenvalue weighted by molar-refractivity contribution is 5.85. The van der Waals surface area contributed by atoms with E-state index in [4.69, 9.17) is 4.74 Å². The van der Waals surface area contributed by atoms with Crippen LogP contribution in [0.1, 0.15) is 27.2 Å². The molecule has 100 valence electrons. The average Bonchev–Trinajstić information content (AvgIpc) is 2.49. The summed E-state index contributed by atoms with van der Waals surface area (Å²) < 4.78 is 5.32. The van der Waals surface area contributed by atoms with Gasteiger partial charge in [-0.1, -0.05) is 0 Å². The highest BCUT2D eigenvalue weighted by Gasteiger charge is 2.38. The molecule has 0 aromatic rings. The zero-order valence-corrected chi connectivity index (χ0v) is 11.7. The SMILES string of the molecule is CC(C)(C)OC(=O)N1CC(C2CCNC2)C1.Cl. The molecule has 2 fully saturated rings. The summed E-state index contributed by atoms with van der Waals surface area (Å²) in [6.45, 7) is 9.72. The van der Waals surface area contributed by atoms with Gasteiger partial charge in [0.05, 0.1) is 0 Å². The summed E-state index contributed by atoms with van der Waals surface area (Å²) in [4.78, 5) is 13.5. The van der Waals surface area contributed by atoms with Crippen LogP contribution in [0.5, 0.6) is 0 Å². The van der Waals surface area contributed by atoms with Crippen LogP contribution in [0, 0.1) is 11.8 Å². The Bertz CT molecular complexity index is 266. The summed E-state index contributed by atoms with van der Waals surface area (Å²) in [6, 6.07) is 0. The second kappa shape index (κ2) is 5.44. The van der Waals surface area contributed by atoms with Crippen LogP contribution < -0.4 is 5.32 Å². The number of amides is 1. The zero-order valence-electron chi connectivity index (χ0n) is 10.9. The Balaban J connectivity index is 0.00000144. The third-order valence-corrected chi connectivity index (χ3v) is 3.33. The van der Waals surface area contributed by atoms with Crippen LogP contribution in [0.2, 0.25) is 0 Å². The smallest absolute Gasteiger partial charge is 0.410 e. The molecule has 2 aliphatic heterocycles. The lowest BCUT2D eigenvalue weighted by Gasteiger charge is -2.42. The molecule has 2 saturated heterocycles. The maximum absolute atomic E-state index is 11.7. The molecule has 1 N–H and O–H groups in total. The molecule has 2 heterocycles. The van der Waals surface area contributed by atoms with Crippen molar-refractivity contribution in [2.24, 2.45) is 11.8 Å². The molecular formula is C12H23ClN2O2. The molecule has 0 aromatic heterocycles. The van der Waals surface area contributed by atoms with E-state index in [1.54, 1.807) is 0 Å². The van der Waals surface area contributed by atoms with Crippen LogP contribution >= 0.6 is 12.4 Å². The minimum Gasteiger partial charge on any atom is -0.444 e. The first kappa shape index (κ1) is 14.6. The van der Waals surface area contributed by atoms with Crippen molar-refractivity contribution >= 4 is 18.5 Å². The van der Waals surface area contributed by atoms with Crippen molar-refractivity contribution in [3.8, 4) is 0 Å². The van der Waals surface area contributed by atoms with Crippen molar-refractivity contribution in [2.75, 3.05) is 26.2 Å². The normalized spacial score (nSPS) is 25.1. The maximum atomic E-state index is 11.7. The summed E-state index contributed by atoms with van der Waals surface area (Å²) >= 11 is 0. The number of rotatable bonds is 1. The summed E-state index contributed by atoms with van der Waals surface area (Å²) in [5, 5.41) is 3.37. The van der Waals surface area contributed by atoms with Crippen LogP contribution in [-0.4, -0.2) is 42.8 Å². The number of halogens is 1. The number of likely N-dealkylation sites (tertiary alicyclic amines) is 1. The van der Waals surface area contributed by atoms with Crippen molar-refractivity contribution < 1.29 is 9.53 Å². The van der Waals surface area contributed by atoms with Crippen LogP contribution in [0.3, 0.4) is 0 Å². The lowest BCUT2D eigenvalue weighted by atomic mass is 9.85. The van der Waals surface area contributed by atoms with Gasteiger partial charge in [0.15, 0.2) is 0 Å². The highest BCUT2D eigenvalue weighted by Crippen LogP contribution is 2.29. The molecule has 2 rings (SSSR count). The van der Waals surface area contributed by atoms with E-state index in [1.807, 2.05) is 25.7 Å².